The Hall–Kier alpha value is -1.39. The number of carbonyl (C=O) groups excluding carboxylic acids is 1. The van der Waals surface area contributed by atoms with Crippen LogP contribution in [0.4, 0.5) is 0 Å². The Morgan fingerprint density at radius 3 is 3.10 bits per heavy atom. The van der Waals surface area contributed by atoms with Crippen LogP contribution < -0.4 is 0 Å². The summed E-state index contributed by atoms with van der Waals surface area (Å²) in [4.78, 5) is 20.4. The molecule has 0 spiro atoms. The molecule has 0 bridgehead atoms. The van der Waals surface area contributed by atoms with Crippen molar-refractivity contribution in [1.82, 2.24) is 9.88 Å². The van der Waals surface area contributed by atoms with Gasteiger partial charge in [0.15, 0.2) is 0 Å². The molecule has 3 rings (SSSR count). The molecule has 110 valence electrons. The number of fused-ring (bicyclic) bond motifs is 1. The van der Waals surface area contributed by atoms with Crippen LogP contribution >= 0.6 is 22.9 Å². The molecule has 1 unspecified atom stereocenters. The van der Waals surface area contributed by atoms with Crippen molar-refractivity contribution in [3.63, 3.8) is 0 Å². The molecule has 1 atom stereocenters. The molecule has 1 aliphatic rings. The molecule has 0 aliphatic carbocycles. The molecule has 1 amide bonds. The van der Waals surface area contributed by atoms with Crippen molar-refractivity contribution in [2.45, 2.75) is 32.7 Å². The lowest BCUT2D eigenvalue weighted by molar-refractivity contribution is 0.0679. The molecule has 0 saturated heterocycles. The molecular formula is C16H17ClN2OS. The highest BCUT2D eigenvalue weighted by Crippen LogP contribution is 2.33. The van der Waals surface area contributed by atoms with Gasteiger partial charge in [0.25, 0.3) is 5.91 Å². The van der Waals surface area contributed by atoms with Gasteiger partial charge in [-0.3, -0.25) is 4.79 Å². The first kappa shape index (κ1) is 14.5. The quantitative estimate of drug-likeness (QED) is 0.780. The number of rotatable bonds is 2. The third kappa shape index (κ3) is 2.70. The van der Waals surface area contributed by atoms with Gasteiger partial charge in [-0.15, -0.1) is 11.3 Å². The second-order valence-electron chi connectivity index (χ2n) is 5.25. The number of aromatic nitrogens is 1. The number of hydrogen-bond donors (Lipinski definition) is 0. The van der Waals surface area contributed by atoms with Gasteiger partial charge in [-0.1, -0.05) is 18.5 Å². The first-order valence-electron chi connectivity index (χ1n) is 7.14. The van der Waals surface area contributed by atoms with Crippen molar-refractivity contribution in [3.05, 3.63) is 50.4 Å². The van der Waals surface area contributed by atoms with Crippen LogP contribution in [-0.4, -0.2) is 22.3 Å². The topological polar surface area (TPSA) is 33.2 Å². The van der Waals surface area contributed by atoms with Gasteiger partial charge in [0.05, 0.1) is 6.04 Å². The van der Waals surface area contributed by atoms with Crippen LogP contribution in [0.25, 0.3) is 0 Å². The third-order valence-corrected chi connectivity index (χ3v) is 5.18. The number of thiophene rings is 1. The van der Waals surface area contributed by atoms with E-state index in [1.54, 1.807) is 17.4 Å². The van der Waals surface area contributed by atoms with E-state index in [0.29, 0.717) is 10.7 Å². The summed E-state index contributed by atoms with van der Waals surface area (Å²) in [6, 6.07) is 5.76. The van der Waals surface area contributed by atoms with Crippen molar-refractivity contribution in [2.24, 2.45) is 0 Å². The van der Waals surface area contributed by atoms with Gasteiger partial charge < -0.3 is 4.90 Å². The van der Waals surface area contributed by atoms with E-state index in [1.807, 2.05) is 17.9 Å². The van der Waals surface area contributed by atoms with Crippen LogP contribution in [0.15, 0.2) is 23.6 Å². The normalized spacial score (nSPS) is 17.7. The van der Waals surface area contributed by atoms with Gasteiger partial charge in [-0.05, 0) is 48.9 Å². The lowest BCUT2D eigenvalue weighted by Gasteiger charge is -2.33. The van der Waals surface area contributed by atoms with Gasteiger partial charge in [0, 0.05) is 22.7 Å². The molecule has 3 heterocycles. The van der Waals surface area contributed by atoms with Crippen molar-refractivity contribution in [3.8, 4) is 0 Å². The van der Waals surface area contributed by atoms with E-state index in [-0.39, 0.29) is 11.9 Å². The summed E-state index contributed by atoms with van der Waals surface area (Å²) in [6.45, 7) is 4.86. The maximum Gasteiger partial charge on any atom is 0.254 e. The second kappa shape index (κ2) is 5.78. The Morgan fingerprint density at radius 1 is 1.52 bits per heavy atom. The van der Waals surface area contributed by atoms with Gasteiger partial charge in [0.1, 0.15) is 5.15 Å². The zero-order valence-electron chi connectivity index (χ0n) is 12.1. The molecule has 3 nitrogen and oxygen atoms in total. The predicted molar refractivity (Wildman–Crippen MR) is 86.1 cm³/mol. The zero-order chi connectivity index (χ0) is 15.0. The Bertz CT molecular complexity index is 683. The SMILES string of the molecule is CCc1cc(C(=O)N2CCc3sccc3C2C)cc(Cl)n1. The molecule has 0 fully saturated rings. The Labute approximate surface area is 133 Å². The van der Waals surface area contributed by atoms with Crippen LogP contribution in [0.2, 0.25) is 5.15 Å². The summed E-state index contributed by atoms with van der Waals surface area (Å²) in [5, 5.41) is 2.49. The van der Waals surface area contributed by atoms with Gasteiger partial charge in [-0.25, -0.2) is 4.98 Å². The molecule has 0 aromatic carbocycles. The van der Waals surface area contributed by atoms with E-state index in [2.05, 4.69) is 23.4 Å². The molecular weight excluding hydrogens is 304 g/mol. The van der Waals surface area contributed by atoms with Crippen LogP contribution in [0, 0.1) is 0 Å². The fourth-order valence-corrected chi connectivity index (χ4v) is 4.00. The number of pyridine rings is 1. The average molecular weight is 321 g/mol. The largest absolute Gasteiger partial charge is 0.331 e. The van der Waals surface area contributed by atoms with Crippen LogP contribution in [0.3, 0.4) is 0 Å². The molecule has 1 aliphatic heterocycles. The molecule has 0 saturated carbocycles. The van der Waals surface area contributed by atoms with Crippen LogP contribution in [-0.2, 0) is 12.8 Å². The highest BCUT2D eigenvalue weighted by molar-refractivity contribution is 7.10. The van der Waals surface area contributed by atoms with E-state index in [0.717, 1.165) is 25.1 Å². The van der Waals surface area contributed by atoms with Gasteiger partial charge in [-0.2, -0.15) is 0 Å². The second-order valence-corrected chi connectivity index (χ2v) is 6.63. The molecule has 2 aromatic heterocycles. The van der Waals surface area contributed by atoms with E-state index >= 15 is 0 Å². The smallest absolute Gasteiger partial charge is 0.254 e. The minimum absolute atomic E-state index is 0.0401. The van der Waals surface area contributed by atoms with Gasteiger partial charge >= 0.3 is 0 Å². The summed E-state index contributed by atoms with van der Waals surface area (Å²) in [5.74, 6) is 0.0401. The van der Waals surface area contributed by atoms with Crippen LogP contribution in [0.1, 0.15) is 46.4 Å². The zero-order valence-corrected chi connectivity index (χ0v) is 13.7. The minimum Gasteiger partial charge on any atom is -0.331 e. The number of hydrogen-bond acceptors (Lipinski definition) is 3. The first-order chi connectivity index (χ1) is 10.1. The number of aryl methyl sites for hydroxylation is 1. The number of halogens is 1. The average Bonchev–Trinajstić information content (AvgIpc) is 2.95. The Morgan fingerprint density at radius 2 is 2.33 bits per heavy atom. The van der Waals surface area contributed by atoms with Gasteiger partial charge in [0.2, 0.25) is 0 Å². The highest BCUT2D eigenvalue weighted by Gasteiger charge is 2.29. The predicted octanol–water partition coefficient (Wildman–Crippen LogP) is 4.12. The molecule has 2 aromatic rings. The summed E-state index contributed by atoms with van der Waals surface area (Å²) in [7, 11) is 0. The molecule has 0 radical (unpaired) electrons. The fraction of sp³-hybridized carbons (Fsp3) is 0.375. The fourth-order valence-electron chi connectivity index (χ4n) is 2.81. The minimum atomic E-state index is 0.0401. The van der Waals surface area contributed by atoms with Crippen molar-refractivity contribution < 1.29 is 4.79 Å². The van der Waals surface area contributed by atoms with Crippen molar-refractivity contribution in [2.75, 3.05) is 6.54 Å². The Balaban J connectivity index is 1.91. The first-order valence-corrected chi connectivity index (χ1v) is 8.39. The van der Waals surface area contributed by atoms with E-state index < -0.39 is 0 Å². The van der Waals surface area contributed by atoms with Crippen molar-refractivity contribution >= 4 is 28.8 Å². The number of amides is 1. The monoisotopic (exact) mass is 320 g/mol. The van der Waals surface area contributed by atoms with E-state index in [4.69, 9.17) is 11.6 Å². The molecule has 5 heteroatoms. The number of carbonyl (C=O) groups is 1. The van der Waals surface area contributed by atoms with Crippen LogP contribution in [0.5, 0.6) is 0 Å². The van der Waals surface area contributed by atoms with E-state index in [9.17, 15) is 4.79 Å². The molecule has 0 N–H and O–H groups in total. The maximum absolute atomic E-state index is 12.8. The summed E-state index contributed by atoms with van der Waals surface area (Å²) in [6.07, 6.45) is 1.70. The maximum atomic E-state index is 12.8. The van der Waals surface area contributed by atoms with E-state index in [1.165, 1.54) is 10.4 Å². The standard InChI is InChI=1S/C16H17ClN2OS/c1-3-12-8-11(9-15(17)18-12)16(20)19-6-4-14-13(10(19)2)5-7-21-14/h5,7-10H,3-4,6H2,1-2H3. The summed E-state index contributed by atoms with van der Waals surface area (Å²) < 4.78 is 0. The third-order valence-electron chi connectivity index (χ3n) is 3.99. The Kier molecular flexibility index (Phi) is 4.00. The molecule has 21 heavy (non-hydrogen) atoms. The van der Waals surface area contributed by atoms with Crippen molar-refractivity contribution in [1.29, 1.82) is 0 Å². The lowest BCUT2D eigenvalue weighted by Crippen LogP contribution is -2.38. The lowest BCUT2D eigenvalue weighted by atomic mass is 10.0. The number of nitrogens with zero attached hydrogens (tertiary/aromatic N) is 2. The highest BCUT2D eigenvalue weighted by atomic mass is 35.5. The summed E-state index contributed by atoms with van der Waals surface area (Å²) in [5.41, 5.74) is 2.76. The summed E-state index contributed by atoms with van der Waals surface area (Å²) >= 11 is 7.81.